The zero-order chi connectivity index (χ0) is 16.1. The van der Waals surface area contributed by atoms with Gasteiger partial charge in [-0.05, 0) is 18.6 Å². The van der Waals surface area contributed by atoms with E-state index in [0.717, 1.165) is 12.8 Å². The molecule has 0 aliphatic carbocycles. The number of amides is 1. The van der Waals surface area contributed by atoms with Crippen LogP contribution in [0.25, 0.3) is 11.2 Å². The lowest BCUT2D eigenvalue weighted by molar-refractivity contribution is 0.0885. The monoisotopic (exact) mass is 310 g/mol. The molecular formula is C14H16F2N4O2. The molecule has 6 nitrogen and oxygen atoms in total. The maximum atomic E-state index is 12.4. The Hall–Kier alpha value is -2.38. The molecule has 0 fully saturated rings. The van der Waals surface area contributed by atoms with E-state index < -0.39 is 30.1 Å². The summed E-state index contributed by atoms with van der Waals surface area (Å²) in [6.45, 7) is 1.54. The van der Waals surface area contributed by atoms with Crippen LogP contribution in [0.4, 0.5) is 8.78 Å². The Labute approximate surface area is 125 Å². The van der Waals surface area contributed by atoms with Gasteiger partial charge in [0.05, 0.1) is 6.54 Å². The molecule has 0 saturated heterocycles. The maximum absolute atomic E-state index is 12.4. The summed E-state index contributed by atoms with van der Waals surface area (Å²) >= 11 is 0. The topological polar surface area (TPSA) is 76.9 Å². The smallest absolute Gasteiger partial charge is 0.283 e. The summed E-state index contributed by atoms with van der Waals surface area (Å²) in [5, 5.41) is 2.00. The standard InChI is InChI=1S/C14H16F2N4O2/c1-2-3-7-20-12-9(5-4-6-17-12)19-11(14(20)22)13(21)18-8-10(15)16/h4-6,10H,2-3,7-8H2,1H3,(H,18,21). The minimum atomic E-state index is -2.69. The lowest BCUT2D eigenvalue weighted by Crippen LogP contribution is -2.36. The number of hydrogen-bond donors (Lipinski definition) is 1. The third-order valence-electron chi connectivity index (χ3n) is 3.07. The molecule has 2 rings (SSSR count). The number of carbonyl (C=O) groups is 1. The van der Waals surface area contributed by atoms with Crippen LogP contribution in [0, 0.1) is 0 Å². The summed E-state index contributed by atoms with van der Waals surface area (Å²) in [7, 11) is 0. The Morgan fingerprint density at radius 2 is 2.23 bits per heavy atom. The Kier molecular flexibility index (Phi) is 5.13. The number of fused-ring (bicyclic) bond motifs is 1. The highest BCUT2D eigenvalue weighted by molar-refractivity contribution is 5.93. The third kappa shape index (κ3) is 3.44. The first-order valence-corrected chi connectivity index (χ1v) is 6.96. The minimum Gasteiger partial charge on any atom is -0.345 e. The molecule has 0 aliphatic rings. The molecular weight excluding hydrogens is 294 g/mol. The van der Waals surface area contributed by atoms with Crippen LogP contribution in [-0.2, 0) is 6.54 Å². The number of nitrogens with zero attached hydrogens (tertiary/aromatic N) is 3. The van der Waals surface area contributed by atoms with Crippen molar-refractivity contribution in [2.45, 2.75) is 32.7 Å². The fraction of sp³-hybridized carbons (Fsp3) is 0.429. The van der Waals surface area contributed by atoms with Gasteiger partial charge in [0.2, 0.25) is 0 Å². The normalized spacial score (nSPS) is 11.1. The molecule has 2 heterocycles. The maximum Gasteiger partial charge on any atom is 0.283 e. The number of carbonyl (C=O) groups excluding carboxylic acids is 1. The summed E-state index contributed by atoms with van der Waals surface area (Å²) in [4.78, 5) is 32.4. The average Bonchev–Trinajstić information content (AvgIpc) is 2.51. The van der Waals surface area contributed by atoms with Crippen molar-refractivity contribution in [3.05, 3.63) is 34.4 Å². The zero-order valence-corrected chi connectivity index (χ0v) is 12.1. The van der Waals surface area contributed by atoms with Crippen LogP contribution in [0.5, 0.6) is 0 Å². The van der Waals surface area contributed by atoms with E-state index in [1.54, 1.807) is 12.1 Å². The van der Waals surface area contributed by atoms with E-state index >= 15 is 0 Å². The van der Waals surface area contributed by atoms with Gasteiger partial charge in [-0.25, -0.2) is 18.7 Å². The van der Waals surface area contributed by atoms with E-state index in [1.807, 2.05) is 12.2 Å². The summed E-state index contributed by atoms with van der Waals surface area (Å²) in [6.07, 6.45) is 0.431. The number of rotatable bonds is 6. The predicted molar refractivity (Wildman–Crippen MR) is 77.0 cm³/mol. The SMILES string of the molecule is CCCCn1c(=O)c(C(=O)NCC(F)F)nc2cccnc21. The van der Waals surface area contributed by atoms with E-state index in [0.29, 0.717) is 17.7 Å². The Morgan fingerprint density at radius 1 is 1.45 bits per heavy atom. The molecule has 118 valence electrons. The fourth-order valence-electron chi connectivity index (χ4n) is 2.00. The molecule has 0 bridgehead atoms. The van der Waals surface area contributed by atoms with Crippen molar-refractivity contribution < 1.29 is 13.6 Å². The minimum absolute atomic E-state index is 0.375. The Balaban J connectivity index is 2.48. The molecule has 22 heavy (non-hydrogen) atoms. The van der Waals surface area contributed by atoms with Gasteiger partial charge in [0, 0.05) is 12.7 Å². The quantitative estimate of drug-likeness (QED) is 0.879. The van der Waals surface area contributed by atoms with E-state index in [9.17, 15) is 18.4 Å². The number of unbranched alkanes of at least 4 members (excludes halogenated alkanes) is 1. The van der Waals surface area contributed by atoms with Gasteiger partial charge in [0.25, 0.3) is 17.9 Å². The molecule has 0 saturated carbocycles. The highest BCUT2D eigenvalue weighted by Crippen LogP contribution is 2.08. The largest absolute Gasteiger partial charge is 0.345 e. The molecule has 0 unspecified atom stereocenters. The van der Waals surface area contributed by atoms with Crippen LogP contribution in [0.15, 0.2) is 23.1 Å². The number of halogens is 2. The van der Waals surface area contributed by atoms with Gasteiger partial charge in [-0.2, -0.15) is 0 Å². The lowest BCUT2D eigenvalue weighted by Gasteiger charge is -2.11. The second-order valence-electron chi connectivity index (χ2n) is 4.72. The molecule has 0 spiro atoms. The molecule has 0 aromatic carbocycles. The van der Waals surface area contributed by atoms with Gasteiger partial charge in [0.1, 0.15) is 5.52 Å². The molecule has 0 aliphatic heterocycles. The molecule has 8 heteroatoms. The van der Waals surface area contributed by atoms with Gasteiger partial charge in [-0.3, -0.25) is 14.2 Å². The summed E-state index contributed by atoms with van der Waals surface area (Å²) in [6, 6.07) is 3.25. The van der Waals surface area contributed by atoms with Crippen LogP contribution in [0.3, 0.4) is 0 Å². The number of hydrogen-bond acceptors (Lipinski definition) is 4. The van der Waals surface area contributed by atoms with E-state index in [4.69, 9.17) is 0 Å². The van der Waals surface area contributed by atoms with Crippen molar-refractivity contribution in [1.82, 2.24) is 19.9 Å². The van der Waals surface area contributed by atoms with Crippen LogP contribution < -0.4 is 10.9 Å². The Morgan fingerprint density at radius 3 is 2.91 bits per heavy atom. The van der Waals surface area contributed by atoms with E-state index in [-0.39, 0.29) is 0 Å². The summed E-state index contributed by atoms with van der Waals surface area (Å²) < 4.78 is 25.7. The van der Waals surface area contributed by atoms with Crippen LogP contribution in [0.2, 0.25) is 0 Å². The molecule has 2 aromatic heterocycles. The van der Waals surface area contributed by atoms with E-state index in [2.05, 4.69) is 9.97 Å². The number of aryl methyl sites for hydroxylation is 1. The Bertz CT molecular complexity index is 730. The molecule has 1 amide bonds. The van der Waals surface area contributed by atoms with Crippen LogP contribution in [-0.4, -0.2) is 33.4 Å². The van der Waals surface area contributed by atoms with Crippen molar-refractivity contribution in [2.75, 3.05) is 6.54 Å². The van der Waals surface area contributed by atoms with E-state index in [1.165, 1.54) is 10.8 Å². The first-order valence-electron chi connectivity index (χ1n) is 6.96. The highest BCUT2D eigenvalue weighted by Gasteiger charge is 2.18. The van der Waals surface area contributed by atoms with Gasteiger partial charge in [-0.1, -0.05) is 13.3 Å². The second-order valence-corrected chi connectivity index (χ2v) is 4.72. The number of aromatic nitrogens is 3. The molecule has 0 radical (unpaired) electrons. The van der Waals surface area contributed by atoms with Crippen molar-refractivity contribution in [3.63, 3.8) is 0 Å². The van der Waals surface area contributed by atoms with Crippen LogP contribution in [0.1, 0.15) is 30.3 Å². The average molecular weight is 310 g/mol. The van der Waals surface area contributed by atoms with Gasteiger partial charge < -0.3 is 5.32 Å². The van der Waals surface area contributed by atoms with Gasteiger partial charge >= 0.3 is 0 Å². The zero-order valence-electron chi connectivity index (χ0n) is 12.1. The van der Waals surface area contributed by atoms with Crippen molar-refractivity contribution in [3.8, 4) is 0 Å². The predicted octanol–water partition coefficient (Wildman–Crippen LogP) is 1.59. The van der Waals surface area contributed by atoms with Crippen molar-refractivity contribution in [1.29, 1.82) is 0 Å². The lowest BCUT2D eigenvalue weighted by atomic mass is 10.3. The third-order valence-corrected chi connectivity index (χ3v) is 3.07. The molecule has 2 aromatic rings. The summed E-state index contributed by atoms with van der Waals surface area (Å²) in [5.74, 6) is -0.902. The highest BCUT2D eigenvalue weighted by atomic mass is 19.3. The number of alkyl halides is 2. The molecule has 1 N–H and O–H groups in total. The summed E-state index contributed by atoms with van der Waals surface area (Å²) in [5.41, 5.74) is -0.254. The number of pyridine rings is 1. The second kappa shape index (κ2) is 7.06. The van der Waals surface area contributed by atoms with Crippen molar-refractivity contribution in [2.24, 2.45) is 0 Å². The van der Waals surface area contributed by atoms with Crippen LogP contribution >= 0.6 is 0 Å². The number of nitrogens with one attached hydrogen (secondary N) is 1. The van der Waals surface area contributed by atoms with Crippen molar-refractivity contribution >= 4 is 17.1 Å². The van der Waals surface area contributed by atoms with Gasteiger partial charge in [0.15, 0.2) is 11.3 Å². The first kappa shape index (κ1) is 16.0. The van der Waals surface area contributed by atoms with Gasteiger partial charge in [-0.15, -0.1) is 0 Å². The first-order chi connectivity index (χ1) is 10.5. The fourth-order valence-corrected chi connectivity index (χ4v) is 2.00. The molecule has 0 atom stereocenters.